The van der Waals surface area contributed by atoms with E-state index in [0.29, 0.717) is 17.9 Å². The average Bonchev–Trinajstić information content (AvgIpc) is 2.40. The largest absolute Gasteiger partial charge is 0.490 e. The van der Waals surface area contributed by atoms with Crippen LogP contribution in [-0.4, -0.2) is 18.7 Å². The summed E-state index contributed by atoms with van der Waals surface area (Å²) in [6, 6.07) is 6.84. The predicted molar refractivity (Wildman–Crippen MR) is 67.4 cm³/mol. The fourth-order valence-corrected chi connectivity index (χ4v) is 1.73. The van der Waals surface area contributed by atoms with E-state index in [2.05, 4.69) is 4.98 Å². The van der Waals surface area contributed by atoms with E-state index in [1.807, 2.05) is 13.0 Å². The van der Waals surface area contributed by atoms with Crippen molar-refractivity contribution < 1.29 is 13.9 Å². The lowest BCUT2D eigenvalue weighted by atomic mass is 10.1. The minimum Gasteiger partial charge on any atom is -0.490 e. The first-order valence-electron chi connectivity index (χ1n) is 5.67. The summed E-state index contributed by atoms with van der Waals surface area (Å²) in [7, 11) is 1.42. The van der Waals surface area contributed by atoms with Crippen LogP contribution in [0, 0.1) is 5.82 Å². The van der Waals surface area contributed by atoms with Crippen LogP contribution in [0.25, 0.3) is 11.1 Å². The van der Waals surface area contributed by atoms with Crippen molar-refractivity contribution >= 4 is 0 Å². The maximum Gasteiger partial charge on any atom is 0.196 e. The lowest BCUT2D eigenvalue weighted by Gasteiger charge is -2.12. The van der Waals surface area contributed by atoms with Crippen molar-refractivity contribution in [1.29, 1.82) is 0 Å². The SMILES string of the molecule is CCOc1cc(-c2cccnc2)cc(F)c1OC. The lowest BCUT2D eigenvalue weighted by molar-refractivity contribution is 0.302. The number of hydrogen-bond donors (Lipinski definition) is 0. The molecule has 0 atom stereocenters. The van der Waals surface area contributed by atoms with Gasteiger partial charge < -0.3 is 9.47 Å². The van der Waals surface area contributed by atoms with Gasteiger partial charge in [0.25, 0.3) is 0 Å². The number of pyridine rings is 1. The molecule has 0 N–H and O–H groups in total. The third-order valence-corrected chi connectivity index (χ3v) is 2.51. The van der Waals surface area contributed by atoms with Gasteiger partial charge in [0.2, 0.25) is 0 Å². The van der Waals surface area contributed by atoms with Crippen molar-refractivity contribution in [1.82, 2.24) is 4.98 Å². The molecule has 0 aliphatic carbocycles. The van der Waals surface area contributed by atoms with Gasteiger partial charge in [-0.3, -0.25) is 4.98 Å². The zero-order valence-corrected chi connectivity index (χ0v) is 10.3. The van der Waals surface area contributed by atoms with E-state index in [1.54, 1.807) is 24.5 Å². The van der Waals surface area contributed by atoms with Gasteiger partial charge in [-0.25, -0.2) is 4.39 Å². The predicted octanol–water partition coefficient (Wildman–Crippen LogP) is 3.30. The minimum absolute atomic E-state index is 0.129. The number of methoxy groups -OCH3 is 1. The van der Waals surface area contributed by atoms with Crippen LogP contribution >= 0.6 is 0 Å². The van der Waals surface area contributed by atoms with Gasteiger partial charge in [0.15, 0.2) is 17.3 Å². The Balaban J connectivity index is 2.51. The Labute approximate surface area is 105 Å². The number of nitrogens with zero attached hydrogens (tertiary/aromatic N) is 1. The zero-order valence-electron chi connectivity index (χ0n) is 10.3. The van der Waals surface area contributed by atoms with Gasteiger partial charge in [0.1, 0.15) is 0 Å². The summed E-state index contributed by atoms with van der Waals surface area (Å²) in [6.07, 6.45) is 3.35. The second kappa shape index (κ2) is 5.49. The van der Waals surface area contributed by atoms with Crippen molar-refractivity contribution in [2.75, 3.05) is 13.7 Å². The summed E-state index contributed by atoms with van der Waals surface area (Å²) >= 11 is 0. The van der Waals surface area contributed by atoms with Crippen LogP contribution in [-0.2, 0) is 0 Å². The summed E-state index contributed by atoms with van der Waals surface area (Å²) < 4.78 is 24.3. The Kier molecular flexibility index (Phi) is 3.77. The molecule has 2 aromatic rings. The van der Waals surface area contributed by atoms with Crippen LogP contribution in [0.15, 0.2) is 36.7 Å². The Hall–Kier alpha value is -2.10. The highest BCUT2D eigenvalue weighted by molar-refractivity contribution is 5.66. The highest BCUT2D eigenvalue weighted by Gasteiger charge is 2.13. The molecule has 0 spiro atoms. The Morgan fingerprint density at radius 3 is 2.72 bits per heavy atom. The quantitative estimate of drug-likeness (QED) is 0.830. The van der Waals surface area contributed by atoms with Gasteiger partial charge in [0, 0.05) is 18.0 Å². The Bertz CT molecular complexity index is 529. The van der Waals surface area contributed by atoms with Crippen LogP contribution in [0.4, 0.5) is 4.39 Å². The third-order valence-electron chi connectivity index (χ3n) is 2.51. The van der Waals surface area contributed by atoms with Crippen LogP contribution in [0.3, 0.4) is 0 Å². The molecule has 1 aromatic heterocycles. The van der Waals surface area contributed by atoms with Gasteiger partial charge in [0.05, 0.1) is 13.7 Å². The molecule has 0 radical (unpaired) electrons. The monoisotopic (exact) mass is 247 g/mol. The fraction of sp³-hybridized carbons (Fsp3) is 0.214. The molecule has 1 aromatic carbocycles. The molecule has 0 fully saturated rings. The molecule has 0 saturated heterocycles. The van der Waals surface area contributed by atoms with Crippen molar-refractivity contribution in [3.8, 4) is 22.6 Å². The van der Waals surface area contributed by atoms with E-state index >= 15 is 0 Å². The van der Waals surface area contributed by atoms with E-state index in [9.17, 15) is 4.39 Å². The molecule has 0 bridgehead atoms. The van der Waals surface area contributed by atoms with Crippen LogP contribution < -0.4 is 9.47 Å². The minimum atomic E-state index is -0.442. The smallest absolute Gasteiger partial charge is 0.196 e. The summed E-state index contributed by atoms with van der Waals surface area (Å²) in [4.78, 5) is 4.01. The van der Waals surface area contributed by atoms with Crippen molar-refractivity contribution in [2.45, 2.75) is 6.92 Å². The van der Waals surface area contributed by atoms with Gasteiger partial charge >= 0.3 is 0 Å². The van der Waals surface area contributed by atoms with Crippen LogP contribution in [0.2, 0.25) is 0 Å². The van der Waals surface area contributed by atoms with E-state index < -0.39 is 5.82 Å². The zero-order chi connectivity index (χ0) is 13.0. The molecule has 0 aliphatic rings. The lowest BCUT2D eigenvalue weighted by Crippen LogP contribution is -1.98. The molecular weight excluding hydrogens is 233 g/mol. The number of rotatable bonds is 4. The van der Waals surface area contributed by atoms with Gasteiger partial charge in [-0.2, -0.15) is 0 Å². The first-order valence-corrected chi connectivity index (χ1v) is 5.67. The number of halogens is 1. The molecule has 18 heavy (non-hydrogen) atoms. The standard InChI is InChI=1S/C14H14FNO2/c1-3-18-13-8-11(7-12(15)14(13)17-2)10-5-4-6-16-9-10/h4-9H,3H2,1-2H3. The number of hydrogen-bond acceptors (Lipinski definition) is 3. The van der Waals surface area contributed by atoms with Crippen molar-refractivity contribution in [3.63, 3.8) is 0 Å². The molecule has 1 heterocycles. The normalized spacial score (nSPS) is 10.2. The molecule has 2 rings (SSSR count). The van der Waals surface area contributed by atoms with Crippen LogP contribution in [0.5, 0.6) is 11.5 Å². The summed E-state index contributed by atoms with van der Waals surface area (Å²) in [5.74, 6) is 0.0886. The van der Waals surface area contributed by atoms with Crippen LogP contribution in [0.1, 0.15) is 6.92 Å². The second-order valence-electron chi connectivity index (χ2n) is 3.66. The van der Waals surface area contributed by atoms with E-state index in [-0.39, 0.29) is 5.75 Å². The molecule has 0 aliphatic heterocycles. The highest BCUT2D eigenvalue weighted by Crippen LogP contribution is 2.35. The van der Waals surface area contributed by atoms with E-state index in [4.69, 9.17) is 9.47 Å². The number of aromatic nitrogens is 1. The fourth-order valence-electron chi connectivity index (χ4n) is 1.73. The highest BCUT2D eigenvalue weighted by atomic mass is 19.1. The molecule has 4 heteroatoms. The number of benzene rings is 1. The van der Waals surface area contributed by atoms with Gasteiger partial charge in [-0.15, -0.1) is 0 Å². The molecular formula is C14H14FNO2. The van der Waals surface area contributed by atoms with Gasteiger partial charge in [-0.1, -0.05) is 6.07 Å². The topological polar surface area (TPSA) is 31.4 Å². The second-order valence-corrected chi connectivity index (χ2v) is 3.66. The van der Waals surface area contributed by atoms with Crippen molar-refractivity contribution in [2.24, 2.45) is 0 Å². The maximum absolute atomic E-state index is 13.9. The van der Waals surface area contributed by atoms with Gasteiger partial charge in [-0.05, 0) is 30.7 Å². The Morgan fingerprint density at radius 1 is 1.28 bits per heavy atom. The molecule has 0 unspecified atom stereocenters. The summed E-state index contributed by atoms with van der Waals surface area (Å²) in [5, 5.41) is 0. The van der Waals surface area contributed by atoms with Crippen molar-refractivity contribution in [3.05, 3.63) is 42.5 Å². The number of ether oxygens (including phenoxy) is 2. The van der Waals surface area contributed by atoms with E-state index in [0.717, 1.165) is 5.56 Å². The molecule has 0 amide bonds. The average molecular weight is 247 g/mol. The van der Waals surface area contributed by atoms with E-state index in [1.165, 1.54) is 13.2 Å². The molecule has 3 nitrogen and oxygen atoms in total. The Morgan fingerprint density at radius 2 is 2.11 bits per heavy atom. The summed E-state index contributed by atoms with van der Waals surface area (Å²) in [5.41, 5.74) is 1.55. The first kappa shape index (κ1) is 12.4. The maximum atomic E-state index is 13.9. The first-order chi connectivity index (χ1) is 8.76. The third kappa shape index (κ3) is 2.42. The molecule has 0 saturated carbocycles. The molecule has 94 valence electrons. The summed E-state index contributed by atoms with van der Waals surface area (Å²) in [6.45, 7) is 2.29.